The summed E-state index contributed by atoms with van der Waals surface area (Å²) >= 11 is 24.1. The lowest BCUT2D eigenvalue weighted by atomic mass is 10.1. The van der Waals surface area contributed by atoms with Gasteiger partial charge in [-0.2, -0.15) is 0 Å². The van der Waals surface area contributed by atoms with Gasteiger partial charge in [-0.25, -0.2) is 0 Å². The zero-order chi connectivity index (χ0) is 12.2. The van der Waals surface area contributed by atoms with Crippen molar-refractivity contribution in [2.45, 2.75) is 0 Å². The quantitative estimate of drug-likeness (QED) is 0.482. The molecule has 3 rings (SSSR count). The molecule has 2 aromatic carbocycles. The minimum atomic E-state index is 0.455. The Labute approximate surface area is 117 Å². The Morgan fingerprint density at radius 2 is 1.41 bits per heavy atom. The fraction of sp³-hybridized carbons (Fsp3) is 0. The SMILES string of the molecule is Clc1cc(Cl)c2c(c1)oc1c(Cl)cc(Cl)cc12. The van der Waals surface area contributed by atoms with E-state index in [-0.39, 0.29) is 0 Å². The number of benzene rings is 2. The Bertz CT molecular complexity index is 745. The van der Waals surface area contributed by atoms with Crippen LogP contribution in [0.2, 0.25) is 20.1 Å². The minimum Gasteiger partial charge on any atom is -0.454 e. The van der Waals surface area contributed by atoms with Crippen molar-refractivity contribution < 1.29 is 4.42 Å². The fourth-order valence-electron chi connectivity index (χ4n) is 1.85. The Morgan fingerprint density at radius 1 is 0.765 bits per heavy atom. The highest BCUT2D eigenvalue weighted by molar-refractivity contribution is 6.43. The molecule has 0 saturated carbocycles. The summed E-state index contributed by atoms with van der Waals surface area (Å²) in [6.45, 7) is 0. The van der Waals surface area contributed by atoms with Gasteiger partial charge in [0.25, 0.3) is 0 Å². The van der Waals surface area contributed by atoms with Crippen molar-refractivity contribution in [3.63, 3.8) is 0 Å². The molecule has 3 aromatic rings. The molecular weight excluding hydrogens is 302 g/mol. The molecule has 0 aliphatic heterocycles. The van der Waals surface area contributed by atoms with Crippen LogP contribution in [0.3, 0.4) is 0 Å². The molecule has 86 valence electrons. The van der Waals surface area contributed by atoms with E-state index in [4.69, 9.17) is 50.8 Å². The third kappa shape index (κ3) is 1.78. The number of fused-ring (bicyclic) bond motifs is 3. The Hall–Kier alpha value is -0.600. The molecule has 1 aromatic heterocycles. The van der Waals surface area contributed by atoms with E-state index in [0.717, 1.165) is 10.8 Å². The van der Waals surface area contributed by atoms with Gasteiger partial charge in [-0.3, -0.25) is 0 Å². The van der Waals surface area contributed by atoms with E-state index in [2.05, 4.69) is 0 Å². The normalized spacial score (nSPS) is 11.5. The maximum Gasteiger partial charge on any atom is 0.154 e. The first-order valence-corrected chi connectivity index (χ1v) is 6.24. The van der Waals surface area contributed by atoms with Crippen LogP contribution in [0.15, 0.2) is 28.7 Å². The number of halogens is 4. The molecule has 17 heavy (non-hydrogen) atoms. The van der Waals surface area contributed by atoms with Crippen LogP contribution in [0, 0.1) is 0 Å². The van der Waals surface area contributed by atoms with Crippen molar-refractivity contribution in [1.29, 1.82) is 0 Å². The van der Waals surface area contributed by atoms with Crippen molar-refractivity contribution in [2.75, 3.05) is 0 Å². The molecule has 0 N–H and O–H groups in total. The van der Waals surface area contributed by atoms with Gasteiger partial charge in [0.05, 0.1) is 10.0 Å². The summed E-state index contributed by atoms with van der Waals surface area (Å²) in [5.41, 5.74) is 1.16. The van der Waals surface area contributed by atoms with E-state index < -0.39 is 0 Å². The molecule has 5 heteroatoms. The van der Waals surface area contributed by atoms with Crippen molar-refractivity contribution in [3.8, 4) is 0 Å². The van der Waals surface area contributed by atoms with Crippen LogP contribution in [-0.4, -0.2) is 0 Å². The molecule has 0 unspecified atom stereocenters. The van der Waals surface area contributed by atoms with Gasteiger partial charge in [-0.1, -0.05) is 46.4 Å². The maximum atomic E-state index is 6.16. The van der Waals surface area contributed by atoms with Gasteiger partial charge in [-0.05, 0) is 18.2 Å². The van der Waals surface area contributed by atoms with E-state index in [0.29, 0.717) is 31.3 Å². The molecule has 1 nitrogen and oxygen atoms in total. The first-order valence-electron chi connectivity index (χ1n) is 4.72. The average molecular weight is 306 g/mol. The van der Waals surface area contributed by atoms with Gasteiger partial charge in [0.1, 0.15) is 5.58 Å². The van der Waals surface area contributed by atoms with E-state index in [1.165, 1.54) is 0 Å². The summed E-state index contributed by atoms with van der Waals surface area (Å²) in [7, 11) is 0. The maximum absolute atomic E-state index is 6.16. The lowest BCUT2D eigenvalue weighted by Crippen LogP contribution is -1.72. The van der Waals surface area contributed by atoms with Gasteiger partial charge < -0.3 is 4.42 Å². The third-order valence-electron chi connectivity index (χ3n) is 2.51. The monoisotopic (exact) mass is 304 g/mol. The molecule has 1 heterocycles. The van der Waals surface area contributed by atoms with Gasteiger partial charge in [0.15, 0.2) is 5.58 Å². The Morgan fingerprint density at radius 3 is 2.18 bits per heavy atom. The molecule has 0 radical (unpaired) electrons. The number of rotatable bonds is 0. The van der Waals surface area contributed by atoms with Gasteiger partial charge in [-0.15, -0.1) is 0 Å². The van der Waals surface area contributed by atoms with Crippen LogP contribution in [0.25, 0.3) is 21.9 Å². The summed E-state index contributed by atoms with van der Waals surface area (Å²) in [4.78, 5) is 0. The van der Waals surface area contributed by atoms with Crippen LogP contribution < -0.4 is 0 Å². The number of hydrogen-bond acceptors (Lipinski definition) is 1. The van der Waals surface area contributed by atoms with E-state index >= 15 is 0 Å². The molecule has 0 aliphatic rings. The molecule has 0 spiro atoms. The first-order chi connectivity index (χ1) is 8.06. The van der Waals surface area contributed by atoms with Crippen molar-refractivity contribution in [1.82, 2.24) is 0 Å². The summed E-state index contributed by atoms with van der Waals surface area (Å²) < 4.78 is 5.64. The zero-order valence-corrected chi connectivity index (χ0v) is 11.3. The fourth-order valence-corrected chi connectivity index (χ4v) is 2.96. The molecule has 0 saturated heterocycles. The van der Waals surface area contributed by atoms with Crippen LogP contribution in [0.5, 0.6) is 0 Å². The van der Waals surface area contributed by atoms with Gasteiger partial charge in [0.2, 0.25) is 0 Å². The highest BCUT2D eigenvalue weighted by Gasteiger charge is 2.14. The Balaban J connectivity index is 2.60. The van der Waals surface area contributed by atoms with Crippen molar-refractivity contribution in [3.05, 3.63) is 44.4 Å². The van der Waals surface area contributed by atoms with Crippen molar-refractivity contribution in [2.24, 2.45) is 0 Å². The molecule has 0 atom stereocenters. The largest absolute Gasteiger partial charge is 0.454 e. The topological polar surface area (TPSA) is 13.1 Å². The molecular formula is C12H4Cl4O. The minimum absolute atomic E-state index is 0.455. The molecule has 0 aliphatic carbocycles. The van der Waals surface area contributed by atoms with Crippen LogP contribution in [-0.2, 0) is 0 Å². The van der Waals surface area contributed by atoms with Crippen molar-refractivity contribution >= 4 is 68.3 Å². The number of furan rings is 1. The highest BCUT2D eigenvalue weighted by atomic mass is 35.5. The highest BCUT2D eigenvalue weighted by Crippen LogP contribution is 2.40. The summed E-state index contributed by atoms with van der Waals surface area (Å²) in [6, 6.07) is 6.76. The smallest absolute Gasteiger partial charge is 0.154 e. The second-order valence-corrected chi connectivity index (χ2v) is 5.31. The second-order valence-electron chi connectivity index (χ2n) is 3.63. The van der Waals surface area contributed by atoms with Crippen LogP contribution in [0.4, 0.5) is 0 Å². The van der Waals surface area contributed by atoms with Crippen LogP contribution in [0.1, 0.15) is 0 Å². The zero-order valence-electron chi connectivity index (χ0n) is 8.23. The standard InChI is InChI=1S/C12H4Cl4O/c13-5-1-7-11-8(15)2-6(14)4-10(11)17-12(7)9(16)3-5/h1-4H. The summed E-state index contributed by atoms with van der Waals surface area (Å²) in [5, 5.41) is 3.59. The van der Waals surface area contributed by atoms with Gasteiger partial charge >= 0.3 is 0 Å². The lowest BCUT2D eigenvalue weighted by molar-refractivity contribution is 0.669. The van der Waals surface area contributed by atoms with E-state index in [1.54, 1.807) is 24.3 Å². The average Bonchev–Trinajstić information content (AvgIpc) is 2.56. The predicted octanol–water partition coefficient (Wildman–Crippen LogP) is 6.20. The molecule has 0 bridgehead atoms. The summed E-state index contributed by atoms with van der Waals surface area (Å²) in [5.74, 6) is 0. The van der Waals surface area contributed by atoms with E-state index in [1.807, 2.05) is 0 Å². The predicted molar refractivity (Wildman–Crippen MR) is 73.8 cm³/mol. The number of hydrogen-bond donors (Lipinski definition) is 0. The van der Waals surface area contributed by atoms with E-state index in [9.17, 15) is 0 Å². The van der Waals surface area contributed by atoms with Gasteiger partial charge in [0, 0.05) is 26.9 Å². The molecule has 0 fully saturated rings. The lowest BCUT2D eigenvalue weighted by Gasteiger charge is -1.96. The van der Waals surface area contributed by atoms with Crippen LogP contribution >= 0.6 is 46.4 Å². The first kappa shape index (κ1) is 11.5. The third-order valence-corrected chi connectivity index (χ3v) is 3.52. The second kappa shape index (κ2) is 3.96. The summed E-state index contributed by atoms with van der Waals surface area (Å²) in [6.07, 6.45) is 0. The molecule has 0 amide bonds. The Kier molecular flexibility index (Phi) is 2.68.